The van der Waals surface area contributed by atoms with E-state index >= 15 is 4.39 Å². The highest BCUT2D eigenvalue weighted by Gasteiger charge is 2.43. The van der Waals surface area contributed by atoms with Crippen LogP contribution in [0.25, 0.3) is 0 Å². The van der Waals surface area contributed by atoms with Crippen LogP contribution in [0.1, 0.15) is 61.4 Å². The number of nitrogens with one attached hydrogen (secondary N) is 3. The Bertz CT molecular complexity index is 1260. The molecule has 2 fully saturated rings. The van der Waals surface area contributed by atoms with Gasteiger partial charge in [-0.3, -0.25) is 9.59 Å². The first-order chi connectivity index (χ1) is 18.7. The fourth-order valence-electron chi connectivity index (χ4n) is 6.27. The normalized spacial score (nSPS) is 22.6. The van der Waals surface area contributed by atoms with E-state index in [0.717, 1.165) is 49.9 Å². The molecule has 0 bridgehead atoms. The number of ether oxygens (including phenoxy) is 1. The second-order valence-electron chi connectivity index (χ2n) is 11.5. The lowest BCUT2D eigenvalue weighted by Gasteiger charge is -2.33. The SMILES string of the molecule is CS(C)=Nc1cccc(C(=O)N[C@H](C(=O)Nc2cc(F)c3c(c2)NCC32CCOCC2)[C@H]2CC[C@H](C)CC2)c1. The number of halogens is 1. The summed E-state index contributed by atoms with van der Waals surface area (Å²) in [6.07, 6.45) is 9.30. The van der Waals surface area contributed by atoms with Crippen LogP contribution in [0.15, 0.2) is 40.8 Å². The molecule has 2 aliphatic heterocycles. The van der Waals surface area contributed by atoms with Gasteiger partial charge in [0.05, 0.1) is 5.69 Å². The summed E-state index contributed by atoms with van der Waals surface area (Å²) < 4.78 is 25.6. The summed E-state index contributed by atoms with van der Waals surface area (Å²) in [6.45, 7) is 4.13. The van der Waals surface area contributed by atoms with Crippen LogP contribution in [0.2, 0.25) is 0 Å². The molecule has 2 aromatic carbocycles. The molecule has 5 rings (SSSR count). The average molecular weight is 555 g/mol. The van der Waals surface area contributed by atoms with Crippen LogP contribution in [0.4, 0.5) is 21.5 Å². The molecule has 9 heteroatoms. The van der Waals surface area contributed by atoms with E-state index < -0.39 is 6.04 Å². The molecule has 2 amide bonds. The lowest BCUT2D eigenvalue weighted by Crippen LogP contribution is -2.49. The monoisotopic (exact) mass is 554 g/mol. The summed E-state index contributed by atoms with van der Waals surface area (Å²) >= 11 is 0. The van der Waals surface area contributed by atoms with Crippen molar-refractivity contribution in [2.24, 2.45) is 16.2 Å². The number of nitrogens with zero attached hydrogens (tertiary/aromatic N) is 1. The summed E-state index contributed by atoms with van der Waals surface area (Å²) in [4.78, 5) is 27.0. The standard InChI is InChI=1S/C30H39FN4O3S/c1-19-7-9-20(10-8-19)27(34-28(36)21-5-4-6-22(15-21)35-39(2)3)29(37)33-23-16-24(31)26-25(17-23)32-18-30(26)11-13-38-14-12-30/h4-6,15-17,19-20,27,32H,7-14,18H2,1-3H3,(H,33,37)(H,34,36)/t19-,20-,27-/m0/s1. The number of benzene rings is 2. The van der Waals surface area contributed by atoms with Gasteiger partial charge in [0.15, 0.2) is 0 Å². The molecule has 3 N–H and O–H groups in total. The van der Waals surface area contributed by atoms with Crippen molar-refractivity contribution < 1.29 is 18.7 Å². The van der Waals surface area contributed by atoms with Crippen LogP contribution in [0.5, 0.6) is 0 Å². The lowest BCUT2D eigenvalue weighted by atomic mass is 9.75. The fraction of sp³-hybridized carbons (Fsp3) is 0.533. The molecule has 3 aliphatic rings. The minimum absolute atomic E-state index is 0.0121. The van der Waals surface area contributed by atoms with Crippen LogP contribution in [-0.4, -0.2) is 50.1 Å². The first-order valence-corrected chi connectivity index (χ1v) is 15.9. The van der Waals surface area contributed by atoms with E-state index in [1.54, 1.807) is 12.1 Å². The third-order valence-electron chi connectivity index (χ3n) is 8.45. The first kappa shape index (κ1) is 27.8. The Balaban J connectivity index is 1.36. The highest BCUT2D eigenvalue weighted by Crippen LogP contribution is 2.46. The molecular weight excluding hydrogens is 515 g/mol. The Morgan fingerprint density at radius 2 is 1.87 bits per heavy atom. The molecule has 210 valence electrons. The molecule has 0 aromatic heterocycles. The van der Waals surface area contributed by atoms with Crippen LogP contribution in [0, 0.1) is 17.7 Å². The Kier molecular flexibility index (Phi) is 8.38. The highest BCUT2D eigenvalue weighted by molar-refractivity contribution is 7.85. The van der Waals surface area contributed by atoms with Gasteiger partial charge in [-0.1, -0.05) is 25.8 Å². The number of rotatable bonds is 6. The third kappa shape index (κ3) is 6.19. The van der Waals surface area contributed by atoms with Crippen molar-refractivity contribution in [1.29, 1.82) is 0 Å². The quantitative estimate of drug-likeness (QED) is 0.436. The van der Waals surface area contributed by atoms with Gasteiger partial charge in [0.1, 0.15) is 11.9 Å². The van der Waals surface area contributed by atoms with E-state index in [2.05, 4.69) is 27.2 Å². The number of fused-ring (bicyclic) bond motifs is 2. The molecule has 0 radical (unpaired) electrons. The summed E-state index contributed by atoms with van der Waals surface area (Å²) in [7, 11) is -0.155. The zero-order valence-electron chi connectivity index (χ0n) is 23.0. The number of anilines is 2. The van der Waals surface area contributed by atoms with E-state index in [4.69, 9.17) is 4.74 Å². The summed E-state index contributed by atoms with van der Waals surface area (Å²) in [5, 5.41) is 9.31. The molecule has 1 saturated carbocycles. The maximum absolute atomic E-state index is 15.5. The Hall–Kier alpha value is -2.78. The minimum atomic E-state index is -0.719. The summed E-state index contributed by atoms with van der Waals surface area (Å²) in [6, 6.07) is 9.70. The second-order valence-corrected chi connectivity index (χ2v) is 13.2. The summed E-state index contributed by atoms with van der Waals surface area (Å²) in [5.41, 5.74) is 2.78. The lowest BCUT2D eigenvalue weighted by molar-refractivity contribution is -0.119. The van der Waals surface area contributed by atoms with Crippen LogP contribution < -0.4 is 16.0 Å². The molecule has 1 aliphatic carbocycles. The molecule has 1 spiro atoms. The highest BCUT2D eigenvalue weighted by atomic mass is 32.2. The molecule has 0 unspecified atom stereocenters. The Labute approximate surface area is 232 Å². The van der Waals surface area contributed by atoms with Crippen molar-refractivity contribution in [2.75, 3.05) is 42.9 Å². The molecule has 1 atom stereocenters. The second kappa shape index (κ2) is 11.8. The van der Waals surface area contributed by atoms with Gasteiger partial charge >= 0.3 is 0 Å². The van der Waals surface area contributed by atoms with Gasteiger partial charge in [-0.2, -0.15) is 0 Å². The average Bonchev–Trinajstić information content (AvgIpc) is 3.25. The van der Waals surface area contributed by atoms with Gasteiger partial charge in [-0.25, -0.2) is 8.75 Å². The van der Waals surface area contributed by atoms with Crippen molar-refractivity contribution in [3.63, 3.8) is 0 Å². The maximum atomic E-state index is 15.5. The van der Waals surface area contributed by atoms with Crippen LogP contribution in [0.3, 0.4) is 0 Å². The zero-order chi connectivity index (χ0) is 27.6. The predicted octanol–water partition coefficient (Wildman–Crippen LogP) is 5.56. The van der Waals surface area contributed by atoms with Gasteiger partial charge in [-0.05, 0) is 80.4 Å². The van der Waals surface area contributed by atoms with Gasteiger partial charge in [0.2, 0.25) is 5.91 Å². The molecular formula is C30H39FN4O3S. The zero-order valence-corrected chi connectivity index (χ0v) is 23.8. The summed E-state index contributed by atoms with van der Waals surface area (Å²) in [5.74, 6) is -0.316. The van der Waals surface area contributed by atoms with Crippen molar-refractivity contribution in [3.05, 3.63) is 53.3 Å². The molecule has 7 nitrogen and oxygen atoms in total. The Morgan fingerprint density at radius 3 is 2.59 bits per heavy atom. The van der Waals surface area contributed by atoms with Crippen LogP contribution in [-0.2, 0) is 25.6 Å². The number of hydrogen-bond donors (Lipinski definition) is 3. The van der Waals surface area contributed by atoms with Crippen molar-refractivity contribution in [2.45, 2.75) is 56.9 Å². The number of carbonyl (C=O) groups is 2. The Morgan fingerprint density at radius 1 is 1.13 bits per heavy atom. The van der Waals surface area contributed by atoms with E-state index in [1.165, 1.54) is 6.07 Å². The van der Waals surface area contributed by atoms with Gasteiger partial charge in [0, 0.05) is 47.7 Å². The van der Waals surface area contributed by atoms with E-state index in [1.807, 2.05) is 30.7 Å². The van der Waals surface area contributed by atoms with E-state index in [9.17, 15) is 9.59 Å². The van der Waals surface area contributed by atoms with Crippen molar-refractivity contribution in [3.8, 4) is 0 Å². The largest absolute Gasteiger partial charge is 0.384 e. The molecule has 1 saturated heterocycles. The maximum Gasteiger partial charge on any atom is 0.252 e. The third-order valence-corrected chi connectivity index (χ3v) is 9.03. The topological polar surface area (TPSA) is 91.8 Å². The number of amides is 2. The van der Waals surface area contributed by atoms with Crippen molar-refractivity contribution >= 4 is 39.6 Å². The smallest absolute Gasteiger partial charge is 0.252 e. The fourth-order valence-corrected chi connectivity index (χ4v) is 6.81. The van der Waals surface area contributed by atoms with E-state index in [0.29, 0.717) is 42.5 Å². The minimum Gasteiger partial charge on any atom is -0.384 e. The molecule has 2 aromatic rings. The van der Waals surface area contributed by atoms with Crippen molar-refractivity contribution in [1.82, 2.24) is 5.32 Å². The van der Waals surface area contributed by atoms with Gasteiger partial charge in [0.25, 0.3) is 5.91 Å². The van der Waals surface area contributed by atoms with E-state index in [-0.39, 0.29) is 39.7 Å². The van der Waals surface area contributed by atoms with Crippen LogP contribution >= 0.6 is 0 Å². The number of hydrogen-bond acceptors (Lipinski definition) is 5. The predicted molar refractivity (Wildman–Crippen MR) is 155 cm³/mol. The van der Waals surface area contributed by atoms with Gasteiger partial charge < -0.3 is 20.7 Å². The number of carbonyl (C=O) groups excluding carboxylic acids is 2. The molecule has 2 heterocycles. The van der Waals surface area contributed by atoms with Gasteiger partial charge in [-0.15, -0.1) is 10.7 Å². The molecule has 39 heavy (non-hydrogen) atoms. The first-order valence-electron chi connectivity index (χ1n) is 13.9.